The van der Waals surface area contributed by atoms with E-state index in [0.29, 0.717) is 13.0 Å². The fraction of sp³-hybridized carbons (Fsp3) is 0.533. The molecule has 0 spiro atoms. The van der Waals surface area contributed by atoms with Crippen molar-refractivity contribution in [2.75, 3.05) is 0 Å². The SMILES string of the molecule is CCCC(=O)NCc1ccc(OC(C)(C)C)cc1. The Balaban J connectivity index is 2.48. The Morgan fingerprint density at radius 1 is 1.22 bits per heavy atom. The van der Waals surface area contributed by atoms with Crippen molar-refractivity contribution in [3.8, 4) is 5.75 Å². The van der Waals surface area contributed by atoms with Gasteiger partial charge < -0.3 is 10.1 Å². The van der Waals surface area contributed by atoms with Crippen LogP contribution in [0.25, 0.3) is 0 Å². The Morgan fingerprint density at radius 2 is 1.83 bits per heavy atom. The molecular formula is C15H23NO2. The number of amides is 1. The fourth-order valence-electron chi connectivity index (χ4n) is 1.54. The molecule has 0 saturated heterocycles. The molecule has 1 amide bonds. The van der Waals surface area contributed by atoms with Gasteiger partial charge in [0.2, 0.25) is 5.91 Å². The van der Waals surface area contributed by atoms with E-state index < -0.39 is 0 Å². The minimum Gasteiger partial charge on any atom is -0.488 e. The summed E-state index contributed by atoms with van der Waals surface area (Å²) >= 11 is 0. The number of hydrogen-bond donors (Lipinski definition) is 1. The smallest absolute Gasteiger partial charge is 0.220 e. The lowest BCUT2D eigenvalue weighted by Crippen LogP contribution is -2.23. The Hall–Kier alpha value is -1.51. The second-order valence-electron chi connectivity index (χ2n) is 5.39. The van der Waals surface area contributed by atoms with Crippen LogP contribution in [0.1, 0.15) is 46.1 Å². The lowest BCUT2D eigenvalue weighted by Gasteiger charge is -2.21. The van der Waals surface area contributed by atoms with Gasteiger partial charge in [0.05, 0.1) is 0 Å². The Labute approximate surface area is 110 Å². The van der Waals surface area contributed by atoms with Crippen LogP contribution >= 0.6 is 0 Å². The van der Waals surface area contributed by atoms with Crippen LogP contribution in [0, 0.1) is 0 Å². The van der Waals surface area contributed by atoms with Gasteiger partial charge >= 0.3 is 0 Å². The molecule has 3 nitrogen and oxygen atoms in total. The van der Waals surface area contributed by atoms with E-state index in [1.54, 1.807) is 0 Å². The maximum atomic E-state index is 11.3. The van der Waals surface area contributed by atoms with Crippen molar-refractivity contribution in [1.29, 1.82) is 0 Å². The topological polar surface area (TPSA) is 38.3 Å². The molecule has 0 aliphatic heterocycles. The molecule has 1 aromatic rings. The molecule has 3 heteroatoms. The molecule has 1 rings (SSSR count). The first kappa shape index (κ1) is 14.6. The van der Waals surface area contributed by atoms with Crippen LogP contribution in [0.3, 0.4) is 0 Å². The van der Waals surface area contributed by atoms with Gasteiger partial charge in [0.1, 0.15) is 11.4 Å². The van der Waals surface area contributed by atoms with Gasteiger partial charge in [0.15, 0.2) is 0 Å². The first-order valence-corrected chi connectivity index (χ1v) is 6.45. The minimum absolute atomic E-state index is 0.104. The molecular weight excluding hydrogens is 226 g/mol. The minimum atomic E-state index is -0.184. The fourth-order valence-corrected chi connectivity index (χ4v) is 1.54. The van der Waals surface area contributed by atoms with Crippen LogP contribution in [0.15, 0.2) is 24.3 Å². The second kappa shape index (κ2) is 6.43. The van der Waals surface area contributed by atoms with Crippen molar-refractivity contribution in [2.24, 2.45) is 0 Å². The van der Waals surface area contributed by atoms with E-state index in [1.807, 2.05) is 52.0 Å². The third kappa shape index (κ3) is 5.71. The summed E-state index contributed by atoms with van der Waals surface area (Å²) in [6.07, 6.45) is 1.47. The van der Waals surface area contributed by atoms with E-state index in [-0.39, 0.29) is 11.5 Å². The summed E-state index contributed by atoms with van der Waals surface area (Å²) in [6.45, 7) is 8.64. The average Bonchev–Trinajstić information content (AvgIpc) is 2.26. The van der Waals surface area contributed by atoms with Gasteiger partial charge in [-0.2, -0.15) is 0 Å². The molecule has 100 valence electrons. The number of carbonyl (C=O) groups excluding carboxylic acids is 1. The van der Waals surface area contributed by atoms with Gasteiger partial charge in [-0.05, 0) is 44.9 Å². The number of ether oxygens (including phenoxy) is 1. The molecule has 1 N–H and O–H groups in total. The molecule has 1 aromatic carbocycles. The van der Waals surface area contributed by atoms with E-state index in [9.17, 15) is 4.79 Å². The number of nitrogens with one attached hydrogen (secondary N) is 1. The summed E-state index contributed by atoms with van der Waals surface area (Å²) in [6, 6.07) is 7.83. The standard InChI is InChI=1S/C15H23NO2/c1-5-6-14(17)16-11-12-7-9-13(10-8-12)18-15(2,3)4/h7-10H,5-6,11H2,1-4H3,(H,16,17). The molecule has 0 saturated carbocycles. The normalized spacial score (nSPS) is 11.1. The van der Waals surface area contributed by atoms with Gasteiger partial charge in [-0.15, -0.1) is 0 Å². The lowest BCUT2D eigenvalue weighted by molar-refractivity contribution is -0.121. The van der Waals surface area contributed by atoms with Crippen molar-refractivity contribution in [3.63, 3.8) is 0 Å². The highest BCUT2D eigenvalue weighted by Crippen LogP contribution is 2.18. The summed E-state index contributed by atoms with van der Waals surface area (Å²) < 4.78 is 5.73. The van der Waals surface area contributed by atoms with Crippen molar-refractivity contribution in [2.45, 2.75) is 52.7 Å². The van der Waals surface area contributed by atoms with Crippen molar-refractivity contribution >= 4 is 5.91 Å². The Morgan fingerprint density at radius 3 is 2.33 bits per heavy atom. The van der Waals surface area contributed by atoms with Gasteiger partial charge in [0.25, 0.3) is 0 Å². The van der Waals surface area contributed by atoms with Gasteiger partial charge in [-0.3, -0.25) is 4.79 Å². The highest BCUT2D eigenvalue weighted by atomic mass is 16.5. The molecule has 0 aromatic heterocycles. The highest BCUT2D eigenvalue weighted by Gasteiger charge is 2.11. The van der Waals surface area contributed by atoms with Crippen LogP contribution in [-0.4, -0.2) is 11.5 Å². The van der Waals surface area contributed by atoms with Crippen LogP contribution < -0.4 is 10.1 Å². The van der Waals surface area contributed by atoms with Crippen LogP contribution in [0.2, 0.25) is 0 Å². The molecule has 0 bridgehead atoms. The lowest BCUT2D eigenvalue weighted by atomic mass is 10.1. The second-order valence-corrected chi connectivity index (χ2v) is 5.39. The Kier molecular flexibility index (Phi) is 5.20. The average molecular weight is 249 g/mol. The Bertz CT molecular complexity index is 376. The number of rotatable bonds is 5. The predicted molar refractivity (Wildman–Crippen MR) is 73.6 cm³/mol. The zero-order valence-corrected chi connectivity index (χ0v) is 11.7. The van der Waals surface area contributed by atoms with Crippen molar-refractivity contribution in [1.82, 2.24) is 5.32 Å². The summed E-state index contributed by atoms with van der Waals surface area (Å²) in [7, 11) is 0. The van der Waals surface area contributed by atoms with E-state index in [1.165, 1.54) is 0 Å². The third-order valence-electron chi connectivity index (χ3n) is 2.31. The van der Waals surface area contributed by atoms with Crippen LogP contribution in [-0.2, 0) is 11.3 Å². The molecule has 18 heavy (non-hydrogen) atoms. The molecule has 0 unspecified atom stereocenters. The van der Waals surface area contributed by atoms with Gasteiger partial charge in [0, 0.05) is 13.0 Å². The van der Waals surface area contributed by atoms with E-state index in [2.05, 4.69) is 5.32 Å². The molecule has 0 aliphatic carbocycles. The zero-order valence-electron chi connectivity index (χ0n) is 11.7. The van der Waals surface area contributed by atoms with Gasteiger partial charge in [-0.1, -0.05) is 19.1 Å². The largest absolute Gasteiger partial charge is 0.488 e. The van der Waals surface area contributed by atoms with E-state index in [4.69, 9.17) is 4.74 Å². The van der Waals surface area contributed by atoms with Crippen molar-refractivity contribution < 1.29 is 9.53 Å². The zero-order chi connectivity index (χ0) is 13.6. The maximum absolute atomic E-state index is 11.3. The first-order chi connectivity index (χ1) is 8.40. The monoisotopic (exact) mass is 249 g/mol. The quantitative estimate of drug-likeness (QED) is 0.869. The molecule has 0 radical (unpaired) electrons. The summed E-state index contributed by atoms with van der Waals surface area (Å²) in [5, 5.41) is 2.89. The number of hydrogen-bond acceptors (Lipinski definition) is 2. The first-order valence-electron chi connectivity index (χ1n) is 6.45. The summed E-state index contributed by atoms with van der Waals surface area (Å²) in [5.41, 5.74) is 0.900. The van der Waals surface area contributed by atoms with Crippen LogP contribution in [0.5, 0.6) is 5.75 Å². The number of carbonyl (C=O) groups is 1. The molecule has 0 atom stereocenters. The molecule has 0 heterocycles. The van der Waals surface area contributed by atoms with Crippen LogP contribution in [0.4, 0.5) is 0 Å². The van der Waals surface area contributed by atoms with Crippen molar-refractivity contribution in [3.05, 3.63) is 29.8 Å². The summed E-state index contributed by atoms with van der Waals surface area (Å²) in [4.78, 5) is 11.3. The number of benzene rings is 1. The molecule has 0 fully saturated rings. The van der Waals surface area contributed by atoms with Gasteiger partial charge in [-0.25, -0.2) is 0 Å². The maximum Gasteiger partial charge on any atom is 0.220 e. The molecule has 0 aliphatic rings. The highest BCUT2D eigenvalue weighted by molar-refractivity contribution is 5.75. The summed E-state index contributed by atoms with van der Waals surface area (Å²) in [5.74, 6) is 0.957. The van der Waals surface area contributed by atoms with E-state index >= 15 is 0 Å². The van der Waals surface area contributed by atoms with E-state index in [0.717, 1.165) is 17.7 Å². The predicted octanol–water partition coefficient (Wildman–Crippen LogP) is 3.28. The third-order valence-corrected chi connectivity index (χ3v) is 2.31.